The standard InChI is InChI=1S/C17H22N6O2/c1-22(10-13-3-2-4-19-9-13)12-15(24)23-7-8-25-14(11-23)16-17(18)21-6-5-20-16/h2-6,9,14H,7-8,10-12H2,1H3,(H2,18,21)/t14-/m0/s1. The summed E-state index contributed by atoms with van der Waals surface area (Å²) in [6.45, 7) is 2.46. The molecule has 0 bridgehead atoms. The predicted octanol–water partition coefficient (Wildman–Crippen LogP) is 0.486. The molecule has 1 fully saturated rings. The van der Waals surface area contributed by atoms with E-state index in [1.165, 1.54) is 6.20 Å². The fraction of sp³-hybridized carbons (Fsp3) is 0.412. The Balaban J connectivity index is 1.57. The lowest BCUT2D eigenvalue weighted by Crippen LogP contribution is -2.46. The summed E-state index contributed by atoms with van der Waals surface area (Å²) in [5.74, 6) is 0.401. The number of amides is 1. The number of hydrogen-bond acceptors (Lipinski definition) is 7. The maximum atomic E-state index is 12.6. The third-order valence-electron chi connectivity index (χ3n) is 4.06. The van der Waals surface area contributed by atoms with E-state index in [2.05, 4.69) is 15.0 Å². The Bertz CT molecular complexity index is 711. The summed E-state index contributed by atoms with van der Waals surface area (Å²) in [6, 6.07) is 3.89. The lowest BCUT2D eigenvalue weighted by atomic mass is 10.2. The quantitative estimate of drug-likeness (QED) is 0.844. The minimum Gasteiger partial charge on any atom is -0.382 e. The molecule has 0 saturated carbocycles. The van der Waals surface area contributed by atoms with Gasteiger partial charge in [0, 0.05) is 37.9 Å². The lowest BCUT2D eigenvalue weighted by Gasteiger charge is -2.33. The summed E-state index contributed by atoms with van der Waals surface area (Å²) in [5.41, 5.74) is 7.53. The highest BCUT2D eigenvalue weighted by atomic mass is 16.5. The summed E-state index contributed by atoms with van der Waals surface area (Å²) in [6.07, 6.45) is 6.33. The van der Waals surface area contributed by atoms with Gasteiger partial charge in [-0.2, -0.15) is 0 Å². The Labute approximate surface area is 146 Å². The first kappa shape index (κ1) is 17.2. The van der Waals surface area contributed by atoms with Crippen molar-refractivity contribution in [1.29, 1.82) is 0 Å². The predicted molar refractivity (Wildman–Crippen MR) is 92.3 cm³/mol. The molecule has 1 aliphatic rings. The monoisotopic (exact) mass is 342 g/mol. The first-order chi connectivity index (χ1) is 12.1. The average Bonchev–Trinajstić information content (AvgIpc) is 2.63. The van der Waals surface area contributed by atoms with Crippen molar-refractivity contribution in [3.8, 4) is 0 Å². The van der Waals surface area contributed by atoms with Crippen molar-refractivity contribution in [3.05, 3.63) is 48.2 Å². The van der Waals surface area contributed by atoms with Crippen LogP contribution in [0, 0.1) is 0 Å². The van der Waals surface area contributed by atoms with Crippen molar-refractivity contribution < 1.29 is 9.53 Å². The van der Waals surface area contributed by atoms with Gasteiger partial charge in [-0.3, -0.25) is 19.7 Å². The molecule has 8 nitrogen and oxygen atoms in total. The van der Waals surface area contributed by atoms with E-state index in [0.29, 0.717) is 44.3 Å². The van der Waals surface area contributed by atoms with Crippen molar-refractivity contribution in [2.75, 3.05) is 39.0 Å². The maximum Gasteiger partial charge on any atom is 0.236 e. The largest absolute Gasteiger partial charge is 0.382 e. The Hall–Kier alpha value is -2.58. The van der Waals surface area contributed by atoms with Gasteiger partial charge in [0.05, 0.1) is 19.7 Å². The van der Waals surface area contributed by atoms with Gasteiger partial charge in [-0.25, -0.2) is 4.98 Å². The first-order valence-electron chi connectivity index (χ1n) is 8.16. The highest BCUT2D eigenvalue weighted by Gasteiger charge is 2.28. The van der Waals surface area contributed by atoms with Crippen molar-refractivity contribution in [2.45, 2.75) is 12.6 Å². The van der Waals surface area contributed by atoms with Crippen LogP contribution in [0.4, 0.5) is 5.82 Å². The Kier molecular flexibility index (Phi) is 5.52. The number of hydrogen-bond donors (Lipinski definition) is 1. The van der Waals surface area contributed by atoms with E-state index in [-0.39, 0.29) is 12.0 Å². The summed E-state index contributed by atoms with van der Waals surface area (Å²) in [4.78, 5) is 28.7. The molecule has 2 aromatic heterocycles. The van der Waals surface area contributed by atoms with Crippen LogP contribution in [0.3, 0.4) is 0 Å². The minimum absolute atomic E-state index is 0.0575. The highest BCUT2D eigenvalue weighted by molar-refractivity contribution is 5.78. The van der Waals surface area contributed by atoms with Crippen molar-refractivity contribution in [1.82, 2.24) is 24.8 Å². The average molecular weight is 342 g/mol. The van der Waals surface area contributed by atoms with Crippen LogP contribution in [-0.2, 0) is 16.1 Å². The van der Waals surface area contributed by atoms with Gasteiger partial charge in [-0.05, 0) is 18.7 Å². The fourth-order valence-corrected chi connectivity index (χ4v) is 2.84. The molecule has 0 aliphatic carbocycles. The molecule has 25 heavy (non-hydrogen) atoms. The zero-order valence-electron chi connectivity index (χ0n) is 14.2. The molecule has 0 aromatic carbocycles. The number of likely N-dealkylation sites (N-methyl/N-ethyl adjacent to an activating group) is 1. The van der Waals surface area contributed by atoms with Crippen LogP contribution < -0.4 is 5.73 Å². The zero-order chi connectivity index (χ0) is 17.6. The van der Waals surface area contributed by atoms with Crippen molar-refractivity contribution >= 4 is 11.7 Å². The summed E-state index contributed by atoms with van der Waals surface area (Å²) >= 11 is 0. The SMILES string of the molecule is CN(CC(=O)N1CCO[C@H](c2nccnc2N)C1)Cc1cccnc1. The van der Waals surface area contributed by atoms with Gasteiger partial charge in [0.1, 0.15) is 17.6 Å². The molecule has 0 radical (unpaired) electrons. The Morgan fingerprint density at radius 3 is 3.00 bits per heavy atom. The number of aromatic nitrogens is 3. The highest BCUT2D eigenvalue weighted by Crippen LogP contribution is 2.23. The van der Waals surface area contributed by atoms with E-state index in [0.717, 1.165) is 5.56 Å². The van der Waals surface area contributed by atoms with Crippen LogP contribution in [0.15, 0.2) is 36.9 Å². The van der Waals surface area contributed by atoms with Crippen LogP contribution >= 0.6 is 0 Å². The first-order valence-corrected chi connectivity index (χ1v) is 8.16. The zero-order valence-corrected chi connectivity index (χ0v) is 14.2. The van der Waals surface area contributed by atoms with E-state index in [4.69, 9.17) is 10.5 Å². The molecule has 3 rings (SSSR count). The molecule has 0 spiro atoms. The van der Waals surface area contributed by atoms with Crippen LogP contribution in [0.2, 0.25) is 0 Å². The van der Waals surface area contributed by atoms with E-state index < -0.39 is 0 Å². The van der Waals surface area contributed by atoms with E-state index in [1.807, 2.05) is 30.3 Å². The number of anilines is 1. The van der Waals surface area contributed by atoms with Gasteiger partial charge < -0.3 is 15.4 Å². The molecule has 132 valence electrons. The van der Waals surface area contributed by atoms with Crippen molar-refractivity contribution in [2.24, 2.45) is 0 Å². The van der Waals surface area contributed by atoms with Gasteiger partial charge >= 0.3 is 0 Å². The topological polar surface area (TPSA) is 97.5 Å². The lowest BCUT2D eigenvalue weighted by molar-refractivity contribution is -0.140. The number of pyridine rings is 1. The Morgan fingerprint density at radius 2 is 2.24 bits per heavy atom. The molecular formula is C17H22N6O2. The molecule has 0 unspecified atom stereocenters. The second kappa shape index (κ2) is 8.00. The van der Waals surface area contributed by atoms with Crippen LogP contribution in [-0.4, -0.2) is 63.9 Å². The van der Waals surface area contributed by atoms with Gasteiger partial charge in [-0.1, -0.05) is 6.07 Å². The fourth-order valence-electron chi connectivity index (χ4n) is 2.84. The van der Waals surface area contributed by atoms with Crippen LogP contribution in [0.5, 0.6) is 0 Å². The van der Waals surface area contributed by atoms with Gasteiger partial charge in [-0.15, -0.1) is 0 Å². The molecule has 1 atom stereocenters. The number of nitrogens with zero attached hydrogens (tertiary/aromatic N) is 5. The third kappa shape index (κ3) is 4.49. The molecule has 3 heterocycles. The molecule has 8 heteroatoms. The van der Waals surface area contributed by atoms with Gasteiger partial charge in [0.2, 0.25) is 5.91 Å². The molecule has 1 aliphatic heterocycles. The molecule has 2 N–H and O–H groups in total. The minimum atomic E-state index is -0.338. The number of nitrogens with two attached hydrogens (primary N) is 1. The molecular weight excluding hydrogens is 320 g/mol. The number of morpholine rings is 1. The molecule has 2 aromatic rings. The summed E-state index contributed by atoms with van der Waals surface area (Å²) in [5, 5.41) is 0. The normalized spacial score (nSPS) is 17.7. The number of nitrogen functional groups attached to an aromatic ring is 1. The number of ether oxygens (including phenoxy) is 1. The van der Waals surface area contributed by atoms with Crippen LogP contribution in [0.1, 0.15) is 17.4 Å². The summed E-state index contributed by atoms with van der Waals surface area (Å²) in [7, 11) is 1.92. The van der Waals surface area contributed by atoms with E-state index in [1.54, 1.807) is 17.3 Å². The van der Waals surface area contributed by atoms with Gasteiger partial charge in [0.25, 0.3) is 0 Å². The third-order valence-corrected chi connectivity index (χ3v) is 4.06. The number of carbonyl (C=O) groups is 1. The summed E-state index contributed by atoms with van der Waals surface area (Å²) < 4.78 is 5.73. The molecule has 1 saturated heterocycles. The van der Waals surface area contributed by atoms with Crippen LogP contribution in [0.25, 0.3) is 0 Å². The second-order valence-corrected chi connectivity index (χ2v) is 6.06. The van der Waals surface area contributed by atoms with Crippen molar-refractivity contribution in [3.63, 3.8) is 0 Å². The van der Waals surface area contributed by atoms with E-state index >= 15 is 0 Å². The molecule has 1 amide bonds. The number of carbonyl (C=O) groups excluding carboxylic acids is 1. The Morgan fingerprint density at radius 1 is 1.40 bits per heavy atom. The van der Waals surface area contributed by atoms with E-state index in [9.17, 15) is 4.79 Å². The smallest absolute Gasteiger partial charge is 0.236 e. The second-order valence-electron chi connectivity index (χ2n) is 6.06. The maximum absolute atomic E-state index is 12.6. The number of rotatable bonds is 5. The van der Waals surface area contributed by atoms with Gasteiger partial charge in [0.15, 0.2) is 0 Å².